The highest BCUT2D eigenvalue weighted by Crippen LogP contribution is 2.31. The highest BCUT2D eigenvalue weighted by atomic mass is 79.9. The molecule has 1 saturated heterocycles. The molecule has 9 heteroatoms. The van der Waals surface area contributed by atoms with Crippen LogP contribution in [-0.4, -0.2) is 62.6 Å². The number of ether oxygens (including phenoxy) is 2. The van der Waals surface area contributed by atoms with E-state index in [9.17, 15) is 14.4 Å². The first-order valence-corrected chi connectivity index (χ1v) is 11.1. The van der Waals surface area contributed by atoms with Crippen molar-refractivity contribution in [1.29, 1.82) is 0 Å². The number of hydrogen-bond donors (Lipinski definition) is 1. The van der Waals surface area contributed by atoms with Crippen molar-refractivity contribution in [3.05, 3.63) is 52.0 Å². The molecule has 0 spiro atoms. The van der Waals surface area contributed by atoms with Crippen LogP contribution in [0.1, 0.15) is 34.6 Å². The molecule has 0 saturated carbocycles. The number of nitrogens with zero attached hydrogens (tertiary/aromatic N) is 2. The summed E-state index contributed by atoms with van der Waals surface area (Å²) < 4.78 is 11.2. The number of benzene rings is 2. The molecule has 0 bridgehead atoms. The van der Waals surface area contributed by atoms with Gasteiger partial charge in [0.05, 0.1) is 36.2 Å². The van der Waals surface area contributed by atoms with E-state index in [1.807, 2.05) is 0 Å². The molecule has 1 aliphatic rings. The average molecular weight is 504 g/mol. The second-order valence-corrected chi connectivity index (χ2v) is 8.16. The van der Waals surface area contributed by atoms with Crippen LogP contribution in [0.15, 0.2) is 40.9 Å². The molecule has 0 atom stereocenters. The van der Waals surface area contributed by atoms with Gasteiger partial charge in [0.2, 0.25) is 5.91 Å². The van der Waals surface area contributed by atoms with E-state index in [2.05, 4.69) is 26.1 Å². The van der Waals surface area contributed by atoms with E-state index in [0.29, 0.717) is 48.7 Å². The first kappa shape index (κ1) is 23.6. The summed E-state index contributed by atoms with van der Waals surface area (Å²) in [6.07, 6.45) is 0. The zero-order chi connectivity index (χ0) is 23.3. The van der Waals surface area contributed by atoms with E-state index in [4.69, 9.17) is 9.47 Å². The Bertz CT molecular complexity index is 1020. The maximum absolute atomic E-state index is 13.1. The minimum absolute atomic E-state index is 0.0394. The van der Waals surface area contributed by atoms with E-state index < -0.39 is 5.97 Å². The highest BCUT2D eigenvalue weighted by Gasteiger charge is 2.23. The Balaban J connectivity index is 1.93. The Morgan fingerprint density at radius 1 is 1.06 bits per heavy atom. The molecule has 0 aliphatic carbocycles. The van der Waals surface area contributed by atoms with Gasteiger partial charge in [-0.05, 0) is 43.3 Å². The van der Waals surface area contributed by atoms with Crippen molar-refractivity contribution >= 4 is 45.1 Å². The normalized spacial score (nSPS) is 13.5. The summed E-state index contributed by atoms with van der Waals surface area (Å²) >= 11 is 3.38. The second-order valence-electron chi connectivity index (χ2n) is 7.24. The Morgan fingerprint density at radius 2 is 1.78 bits per heavy atom. The number of hydrogen-bond acceptors (Lipinski definition) is 6. The fraction of sp³-hybridized carbons (Fsp3) is 0.348. The molecule has 1 aliphatic heterocycles. The van der Waals surface area contributed by atoms with Gasteiger partial charge in [0.25, 0.3) is 5.91 Å². The van der Waals surface area contributed by atoms with Crippen LogP contribution < -0.4 is 15.0 Å². The third kappa shape index (κ3) is 5.40. The van der Waals surface area contributed by atoms with Crippen LogP contribution in [0, 0.1) is 0 Å². The van der Waals surface area contributed by atoms with Gasteiger partial charge in [-0.3, -0.25) is 9.59 Å². The molecule has 32 heavy (non-hydrogen) atoms. The number of anilines is 2. The molecular weight excluding hydrogens is 478 g/mol. The number of amides is 2. The predicted octanol–water partition coefficient (Wildman–Crippen LogP) is 3.56. The zero-order valence-corrected chi connectivity index (χ0v) is 19.9. The molecule has 170 valence electrons. The Kier molecular flexibility index (Phi) is 7.74. The summed E-state index contributed by atoms with van der Waals surface area (Å²) in [7, 11) is 1.50. The van der Waals surface area contributed by atoms with Crippen LogP contribution in [0.4, 0.5) is 11.4 Å². The number of rotatable bonds is 6. The minimum Gasteiger partial charge on any atom is -0.496 e. The topological polar surface area (TPSA) is 88.2 Å². The number of methoxy groups -OCH3 is 1. The number of halogens is 1. The third-order valence-electron chi connectivity index (χ3n) is 5.23. The maximum atomic E-state index is 13.1. The smallest absolute Gasteiger partial charge is 0.338 e. The summed E-state index contributed by atoms with van der Waals surface area (Å²) in [4.78, 5) is 40.9. The first-order chi connectivity index (χ1) is 15.3. The molecule has 3 rings (SSSR count). The maximum Gasteiger partial charge on any atom is 0.338 e. The Hall–Kier alpha value is -3.07. The SMILES string of the molecule is CCOC(=O)c1ccc(N2CCN(C(C)=O)CC2)c(NC(=O)c2cc(Br)ccc2OC)c1. The summed E-state index contributed by atoms with van der Waals surface area (Å²) in [6, 6.07) is 10.3. The Labute approximate surface area is 195 Å². The van der Waals surface area contributed by atoms with E-state index in [-0.39, 0.29) is 18.4 Å². The van der Waals surface area contributed by atoms with Crippen molar-refractivity contribution in [2.75, 3.05) is 50.1 Å². The Morgan fingerprint density at radius 3 is 2.41 bits per heavy atom. The van der Waals surface area contributed by atoms with Crippen molar-refractivity contribution in [3.8, 4) is 5.75 Å². The van der Waals surface area contributed by atoms with Gasteiger partial charge in [-0.25, -0.2) is 4.79 Å². The van der Waals surface area contributed by atoms with Gasteiger partial charge in [-0.15, -0.1) is 0 Å². The molecule has 2 aromatic carbocycles. The summed E-state index contributed by atoms with van der Waals surface area (Å²) in [6.45, 7) is 5.95. The first-order valence-electron chi connectivity index (χ1n) is 10.3. The molecule has 1 fully saturated rings. The van der Waals surface area contributed by atoms with Crippen LogP contribution in [0.3, 0.4) is 0 Å². The van der Waals surface area contributed by atoms with Crippen LogP contribution in [0.2, 0.25) is 0 Å². The van der Waals surface area contributed by atoms with Crippen molar-refractivity contribution in [2.45, 2.75) is 13.8 Å². The van der Waals surface area contributed by atoms with Crippen molar-refractivity contribution in [2.24, 2.45) is 0 Å². The van der Waals surface area contributed by atoms with E-state index in [0.717, 1.165) is 10.2 Å². The van der Waals surface area contributed by atoms with Crippen LogP contribution in [0.5, 0.6) is 5.75 Å². The van der Waals surface area contributed by atoms with Gasteiger partial charge in [0.1, 0.15) is 5.75 Å². The summed E-state index contributed by atoms with van der Waals surface area (Å²) in [5, 5.41) is 2.93. The van der Waals surface area contributed by atoms with Gasteiger partial charge in [-0.2, -0.15) is 0 Å². The van der Waals surface area contributed by atoms with Crippen molar-refractivity contribution in [3.63, 3.8) is 0 Å². The van der Waals surface area contributed by atoms with Gasteiger partial charge < -0.3 is 24.6 Å². The largest absolute Gasteiger partial charge is 0.496 e. The highest BCUT2D eigenvalue weighted by molar-refractivity contribution is 9.10. The standard InChI is InChI=1S/C23H26BrN3O5/c1-4-32-23(30)16-5-7-20(27-11-9-26(10-12-27)15(2)28)19(13-16)25-22(29)18-14-17(24)6-8-21(18)31-3/h5-8,13-14H,4,9-12H2,1-3H3,(H,25,29). The summed E-state index contributed by atoms with van der Waals surface area (Å²) in [5.41, 5.74) is 1.95. The minimum atomic E-state index is -0.462. The fourth-order valence-corrected chi connectivity index (χ4v) is 3.92. The second kappa shape index (κ2) is 10.5. The summed E-state index contributed by atoms with van der Waals surface area (Å²) in [5.74, 6) is -0.356. The van der Waals surface area contributed by atoms with Gasteiger partial charge >= 0.3 is 5.97 Å². The quantitative estimate of drug-likeness (QED) is 0.606. The number of nitrogens with one attached hydrogen (secondary N) is 1. The zero-order valence-electron chi connectivity index (χ0n) is 18.3. The number of esters is 1. The lowest BCUT2D eigenvalue weighted by Crippen LogP contribution is -2.48. The van der Waals surface area contributed by atoms with Crippen molar-refractivity contribution < 1.29 is 23.9 Å². The number of carbonyl (C=O) groups excluding carboxylic acids is 3. The van der Waals surface area contributed by atoms with Crippen LogP contribution in [0.25, 0.3) is 0 Å². The number of piperazine rings is 1. The molecule has 0 aromatic heterocycles. The molecule has 1 heterocycles. The monoisotopic (exact) mass is 503 g/mol. The molecular formula is C23H26BrN3O5. The fourth-order valence-electron chi connectivity index (χ4n) is 3.56. The van der Waals surface area contributed by atoms with Crippen molar-refractivity contribution in [1.82, 2.24) is 4.90 Å². The molecule has 0 unspecified atom stereocenters. The number of carbonyl (C=O) groups is 3. The molecule has 2 amide bonds. The molecule has 0 radical (unpaired) electrons. The average Bonchev–Trinajstić information content (AvgIpc) is 2.79. The molecule has 2 aromatic rings. The van der Waals surface area contributed by atoms with Crippen LogP contribution >= 0.6 is 15.9 Å². The van der Waals surface area contributed by atoms with E-state index in [1.54, 1.807) is 55.1 Å². The van der Waals surface area contributed by atoms with E-state index >= 15 is 0 Å². The van der Waals surface area contributed by atoms with Gasteiger partial charge in [-0.1, -0.05) is 15.9 Å². The lowest BCUT2D eigenvalue weighted by atomic mass is 10.1. The molecule has 8 nitrogen and oxygen atoms in total. The lowest BCUT2D eigenvalue weighted by Gasteiger charge is -2.36. The van der Waals surface area contributed by atoms with E-state index in [1.165, 1.54) is 7.11 Å². The predicted molar refractivity (Wildman–Crippen MR) is 126 cm³/mol. The van der Waals surface area contributed by atoms with Crippen LogP contribution in [-0.2, 0) is 9.53 Å². The van der Waals surface area contributed by atoms with Gasteiger partial charge in [0, 0.05) is 37.6 Å². The molecule has 1 N–H and O–H groups in total. The van der Waals surface area contributed by atoms with Gasteiger partial charge in [0.15, 0.2) is 0 Å². The lowest BCUT2D eigenvalue weighted by molar-refractivity contribution is -0.129. The third-order valence-corrected chi connectivity index (χ3v) is 5.72.